The number of fused-ring (bicyclic) bond motifs is 2. The molecule has 8 rings (SSSR count). The summed E-state index contributed by atoms with van der Waals surface area (Å²) in [5, 5.41) is 32.7. The number of aliphatic hydroxyl groups is 1. The van der Waals surface area contributed by atoms with Gasteiger partial charge in [0.05, 0.1) is 34.0 Å². The molecule has 2 fully saturated rings. The number of halogens is 1. The number of amides is 1. The third kappa shape index (κ3) is 7.37. The van der Waals surface area contributed by atoms with Crippen molar-refractivity contribution in [2.24, 2.45) is 18.9 Å². The van der Waals surface area contributed by atoms with E-state index < -0.39 is 5.97 Å². The van der Waals surface area contributed by atoms with Crippen LogP contribution >= 0.6 is 11.6 Å². The van der Waals surface area contributed by atoms with Crippen LogP contribution in [-0.4, -0.2) is 78.7 Å². The number of anilines is 1. The molecular formula is C42H44ClN7O5. The molecule has 0 spiro atoms. The van der Waals surface area contributed by atoms with Gasteiger partial charge in [-0.3, -0.25) is 19.4 Å². The Kier molecular flexibility index (Phi) is 10.2. The Labute approximate surface area is 324 Å². The number of nitrogens with zero attached hydrogens (tertiary/aromatic N) is 6. The van der Waals surface area contributed by atoms with Gasteiger partial charge in [0.15, 0.2) is 11.4 Å². The number of hydrogen-bond acceptors (Lipinski definition) is 9. The lowest BCUT2D eigenvalue weighted by Crippen LogP contribution is -2.36. The fourth-order valence-corrected chi connectivity index (χ4v) is 8.94. The molecule has 284 valence electrons. The first-order valence-electron chi connectivity index (χ1n) is 19.0. The molecule has 1 aliphatic carbocycles. The zero-order valence-electron chi connectivity index (χ0n) is 31.0. The minimum atomic E-state index is -0.684. The molecule has 4 heterocycles. The standard InChI is InChI=1S/C42H44ClN7O5/c1-24-30(5-3-6-31(24)41-47-34-18-26(17-28(19-44)38(34)55-41)21-49-15-13-29(51)22-49)32-7-4-8-33(37(32)43)46-40(52)39-45-35-23-50(16-14-36(35)48(39)2)20-25-9-11-27(12-10-25)42(53)54/h3-8,17-18,25,27,29,51H,9-16,20-23H2,1-2H3,(H,46,52)(H,53,54)/t25-,27-,29-/m1/s1. The van der Waals surface area contributed by atoms with Crippen molar-refractivity contribution in [3.63, 3.8) is 0 Å². The third-order valence-corrected chi connectivity index (χ3v) is 12.1. The predicted octanol–water partition coefficient (Wildman–Crippen LogP) is 6.80. The summed E-state index contributed by atoms with van der Waals surface area (Å²) in [6.07, 6.45) is 4.51. The summed E-state index contributed by atoms with van der Waals surface area (Å²) in [4.78, 5) is 39.3. The first-order chi connectivity index (χ1) is 26.6. The highest BCUT2D eigenvalue weighted by molar-refractivity contribution is 6.36. The number of imidazole rings is 1. The number of hydrogen-bond donors (Lipinski definition) is 3. The number of nitrogens with one attached hydrogen (secondary N) is 1. The lowest BCUT2D eigenvalue weighted by Gasteiger charge is -2.33. The predicted molar refractivity (Wildman–Crippen MR) is 208 cm³/mol. The van der Waals surface area contributed by atoms with Gasteiger partial charge in [-0.1, -0.05) is 35.9 Å². The van der Waals surface area contributed by atoms with E-state index in [1.165, 1.54) is 0 Å². The van der Waals surface area contributed by atoms with E-state index in [4.69, 9.17) is 26.0 Å². The molecule has 1 atom stereocenters. The maximum atomic E-state index is 13.7. The number of likely N-dealkylation sites (tertiary alicyclic amines) is 1. The summed E-state index contributed by atoms with van der Waals surface area (Å²) in [7, 11) is 1.88. The summed E-state index contributed by atoms with van der Waals surface area (Å²) < 4.78 is 8.12. The van der Waals surface area contributed by atoms with E-state index in [0.29, 0.717) is 64.6 Å². The average molecular weight is 762 g/mol. The van der Waals surface area contributed by atoms with Crippen molar-refractivity contribution < 1.29 is 24.2 Å². The van der Waals surface area contributed by atoms with Gasteiger partial charge < -0.3 is 24.5 Å². The van der Waals surface area contributed by atoms with Crippen molar-refractivity contribution in [2.75, 3.05) is 31.5 Å². The average Bonchev–Trinajstić information content (AvgIpc) is 3.88. The van der Waals surface area contributed by atoms with Gasteiger partial charge in [-0.05, 0) is 85.9 Å². The van der Waals surface area contributed by atoms with Crippen molar-refractivity contribution in [3.05, 3.63) is 87.5 Å². The molecule has 0 unspecified atom stereocenters. The maximum Gasteiger partial charge on any atom is 0.306 e. The molecule has 12 nitrogen and oxygen atoms in total. The van der Waals surface area contributed by atoms with Crippen LogP contribution in [0.4, 0.5) is 5.69 Å². The number of carboxylic acids is 1. The molecule has 0 bridgehead atoms. The number of benzene rings is 3. The number of β-amino-alcohol motifs (C(OH)–C–C–N with tert-alkyl or cyclic N) is 1. The first kappa shape index (κ1) is 36.9. The largest absolute Gasteiger partial charge is 0.481 e. The van der Waals surface area contributed by atoms with Gasteiger partial charge >= 0.3 is 5.97 Å². The van der Waals surface area contributed by atoms with Crippen molar-refractivity contribution in [1.29, 1.82) is 5.26 Å². The van der Waals surface area contributed by atoms with Crippen LogP contribution in [0.5, 0.6) is 0 Å². The molecule has 2 aliphatic heterocycles. The summed E-state index contributed by atoms with van der Waals surface area (Å²) in [5.41, 5.74) is 8.00. The molecule has 3 aromatic carbocycles. The normalized spacial score (nSPS) is 20.4. The minimum Gasteiger partial charge on any atom is -0.481 e. The smallest absolute Gasteiger partial charge is 0.306 e. The number of rotatable bonds is 9. The quantitative estimate of drug-likeness (QED) is 0.146. The second kappa shape index (κ2) is 15.2. The molecular weight excluding hydrogens is 718 g/mol. The molecule has 55 heavy (non-hydrogen) atoms. The molecule has 1 amide bonds. The molecule has 3 aliphatic rings. The van der Waals surface area contributed by atoms with Crippen molar-refractivity contribution in [2.45, 2.75) is 64.6 Å². The van der Waals surface area contributed by atoms with Crippen molar-refractivity contribution in [3.8, 4) is 28.7 Å². The van der Waals surface area contributed by atoms with Crippen LogP contribution in [-0.2, 0) is 31.4 Å². The van der Waals surface area contributed by atoms with Crippen LogP contribution < -0.4 is 5.32 Å². The fourth-order valence-electron chi connectivity index (χ4n) is 8.67. The maximum absolute atomic E-state index is 13.7. The van der Waals surface area contributed by atoms with Gasteiger partial charge in [0.1, 0.15) is 11.6 Å². The number of carboxylic acid groups (broad SMARTS) is 1. The zero-order chi connectivity index (χ0) is 38.4. The molecule has 1 saturated heterocycles. The van der Waals surface area contributed by atoms with Crippen LogP contribution in [0.3, 0.4) is 0 Å². The molecule has 0 radical (unpaired) electrons. The number of oxazole rings is 1. The van der Waals surface area contributed by atoms with E-state index in [1.54, 1.807) is 6.07 Å². The van der Waals surface area contributed by atoms with Gasteiger partial charge in [-0.2, -0.15) is 5.26 Å². The van der Waals surface area contributed by atoms with Gasteiger partial charge in [0.2, 0.25) is 5.89 Å². The Hall–Kier alpha value is -5.06. The van der Waals surface area contributed by atoms with Crippen LogP contribution in [0.15, 0.2) is 52.9 Å². The van der Waals surface area contributed by atoms with E-state index in [9.17, 15) is 25.1 Å². The fraction of sp³-hybridized carbons (Fsp3) is 0.405. The highest BCUT2D eigenvalue weighted by Gasteiger charge is 2.31. The first-order valence-corrected chi connectivity index (χ1v) is 19.4. The number of nitriles is 1. The second-order valence-electron chi connectivity index (χ2n) is 15.3. The summed E-state index contributed by atoms with van der Waals surface area (Å²) in [5.74, 6) is -0.0630. The lowest BCUT2D eigenvalue weighted by molar-refractivity contribution is -0.143. The van der Waals surface area contributed by atoms with Crippen LogP contribution in [0.25, 0.3) is 33.7 Å². The highest BCUT2D eigenvalue weighted by Crippen LogP contribution is 2.40. The highest BCUT2D eigenvalue weighted by atomic mass is 35.5. The van der Waals surface area contributed by atoms with E-state index in [2.05, 4.69) is 21.2 Å². The number of carbonyl (C=O) groups excluding carboxylic acids is 1. The summed E-state index contributed by atoms with van der Waals surface area (Å²) in [6, 6.07) is 17.4. The Balaban J connectivity index is 0.994. The molecule has 5 aromatic rings. The molecule has 3 N–H and O–H groups in total. The van der Waals surface area contributed by atoms with E-state index in [1.807, 2.05) is 61.0 Å². The monoisotopic (exact) mass is 761 g/mol. The van der Waals surface area contributed by atoms with Crippen LogP contribution in [0, 0.1) is 30.1 Å². The Morgan fingerprint density at radius 1 is 1.02 bits per heavy atom. The minimum absolute atomic E-state index is 0.221. The SMILES string of the molecule is Cc1c(-c2nc3cc(CN4CC[C@@H](O)C4)cc(C#N)c3o2)cccc1-c1cccc(NC(=O)c2nc3c(n2C)CCN(C[C@H]2CC[C@H](C(=O)O)CC2)C3)c1Cl. The number of aliphatic carboxylic acids is 1. The van der Waals surface area contributed by atoms with Crippen LogP contribution in [0.2, 0.25) is 5.02 Å². The van der Waals surface area contributed by atoms with Gasteiger partial charge in [-0.15, -0.1) is 0 Å². The summed E-state index contributed by atoms with van der Waals surface area (Å²) >= 11 is 7.05. The zero-order valence-corrected chi connectivity index (χ0v) is 31.8. The summed E-state index contributed by atoms with van der Waals surface area (Å²) in [6.45, 7) is 6.43. The van der Waals surface area contributed by atoms with Crippen LogP contribution in [0.1, 0.15) is 70.8 Å². The third-order valence-electron chi connectivity index (χ3n) is 11.7. The van der Waals surface area contributed by atoms with E-state index >= 15 is 0 Å². The van der Waals surface area contributed by atoms with E-state index in [-0.39, 0.29) is 17.9 Å². The molecule has 2 aromatic heterocycles. The second-order valence-corrected chi connectivity index (χ2v) is 15.7. The van der Waals surface area contributed by atoms with Crippen molar-refractivity contribution >= 4 is 40.3 Å². The Morgan fingerprint density at radius 3 is 2.53 bits per heavy atom. The number of aliphatic hydroxyl groups excluding tert-OH is 1. The molecule has 13 heteroatoms. The van der Waals surface area contributed by atoms with Gasteiger partial charge in [0.25, 0.3) is 5.91 Å². The Bertz CT molecular complexity index is 2340. The molecule has 1 saturated carbocycles. The van der Waals surface area contributed by atoms with Gasteiger partial charge in [0, 0.05) is 69.6 Å². The van der Waals surface area contributed by atoms with Gasteiger partial charge in [-0.25, -0.2) is 9.97 Å². The topological polar surface area (TPSA) is 161 Å². The lowest BCUT2D eigenvalue weighted by atomic mass is 9.81. The number of carbonyl (C=O) groups is 2. The Morgan fingerprint density at radius 2 is 1.78 bits per heavy atom. The number of aromatic nitrogens is 3. The van der Waals surface area contributed by atoms with E-state index in [0.717, 1.165) is 97.4 Å². The van der Waals surface area contributed by atoms with Crippen molar-refractivity contribution in [1.82, 2.24) is 24.3 Å².